The summed E-state index contributed by atoms with van der Waals surface area (Å²) in [6.45, 7) is 3.51. The van der Waals surface area contributed by atoms with Gasteiger partial charge in [-0.15, -0.1) is 11.6 Å². The molecule has 1 fully saturated rings. The van der Waals surface area contributed by atoms with Crippen molar-refractivity contribution in [2.24, 2.45) is 0 Å². The summed E-state index contributed by atoms with van der Waals surface area (Å²) >= 11 is 5.49. The number of piperidine rings is 1. The fourth-order valence-corrected chi connectivity index (χ4v) is 2.15. The van der Waals surface area contributed by atoms with Crippen molar-refractivity contribution in [3.8, 4) is 0 Å². The molecule has 120 valence electrons. The minimum absolute atomic E-state index is 0.0954. The predicted molar refractivity (Wildman–Crippen MR) is 78.1 cm³/mol. The molecule has 0 unspecified atom stereocenters. The lowest BCUT2D eigenvalue weighted by atomic mass is 10.1. The lowest BCUT2D eigenvalue weighted by Crippen LogP contribution is -2.50. The number of ether oxygens (including phenoxy) is 1. The van der Waals surface area contributed by atoms with E-state index in [0.717, 1.165) is 0 Å². The van der Waals surface area contributed by atoms with Crippen LogP contribution in [0.2, 0.25) is 0 Å². The first-order valence-corrected chi connectivity index (χ1v) is 7.68. The van der Waals surface area contributed by atoms with Gasteiger partial charge < -0.3 is 20.3 Å². The molecule has 0 spiro atoms. The highest BCUT2D eigenvalue weighted by Crippen LogP contribution is 2.11. The van der Waals surface area contributed by atoms with Crippen molar-refractivity contribution in [1.82, 2.24) is 15.5 Å². The molecule has 0 bridgehead atoms. The largest absolute Gasteiger partial charge is 0.450 e. The highest BCUT2D eigenvalue weighted by Gasteiger charge is 2.26. The number of amides is 3. The highest BCUT2D eigenvalue weighted by molar-refractivity contribution is 6.35. The smallest absolute Gasteiger partial charge is 0.409 e. The number of alkyl halides is 1. The lowest BCUT2D eigenvalue weighted by molar-refractivity contribution is -0.139. The summed E-state index contributed by atoms with van der Waals surface area (Å²) in [5.41, 5.74) is 0. The Kier molecular flexibility index (Phi) is 7.89. The van der Waals surface area contributed by atoms with Crippen molar-refractivity contribution in [3.05, 3.63) is 0 Å². The summed E-state index contributed by atoms with van der Waals surface area (Å²) in [6, 6.07) is -0.0954. The maximum atomic E-state index is 11.7. The molecule has 1 heterocycles. The minimum atomic E-state index is -0.645. The first-order valence-electron chi connectivity index (χ1n) is 7.14. The van der Waals surface area contributed by atoms with E-state index in [-0.39, 0.29) is 12.1 Å². The zero-order chi connectivity index (χ0) is 15.7. The fraction of sp³-hybridized carbons (Fsp3) is 0.769. The Morgan fingerprint density at radius 3 is 2.48 bits per heavy atom. The Morgan fingerprint density at radius 2 is 1.90 bits per heavy atom. The molecule has 0 saturated carbocycles. The topological polar surface area (TPSA) is 87.7 Å². The van der Waals surface area contributed by atoms with Gasteiger partial charge in [-0.3, -0.25) is 9.59 Å². The standard InChI is InChI=1S/C13H22ClN3O4/c1-2-21-13(20)17-8-4-10(5-9-17)16-12(19)11(18)15-7-3-6-14/h10H,2-9H2,1H3,(H,15,18)(H,16,19). The summed E-state index contributed by atoms with van der Waals surface area (Å²) in [7, 11) is 0. The van der Waals surface area contributed by atoms with Crippen LogP contribution in [-0.4, -0.2) is 61.0 Å². The number of nitrogens with one attached hydrogen (secondary N) is 2. The van der Waals surface area contributed by atoms with E-state index in [4.69, 9.17) is 16.3 Å². The Labute approximate surface area is 129 Å². The molecule has 8 heteroatoms. The molecule has 21 heavy (non-hydrogen) atoms. The predicted octanol–water partition coefficient (Wildman–Crippen LogP) is 0.469. The average molecular weight is 320 g/mol. The normalized spacial score (nSPS) is 15.4. The maximum Gasteiger partial charge on any atom is 0.409 e. The van der Waals surface area contributed by atoms with Gasteiger partial charge in [0.1, 0.15) is 0 Å². The molecule has 2 N–H and O–H groups in total. The van der Waals surface area contributed by atoms with Gasteiger partial charge in [0, 0.05) is 31.6 Å². The van der Waals surface area contributed by atoms with E-state index < -0.39 is 11.8 Å². The number of carbonyl (C=O) groups is 3. The minimum Gasteiger partial charge on any atom is -0.450 e. The van der Waals surface area contributed by atoms with Gasteiger partial charge in [-0.05, 0) is 26.2 Å². The van der Waals surface area contributed by atoms with E-state index in [1.165, 1.54) is 0 Å². The van der Waals surface area contributed by atoms with E-state index >= 15 is 0 Å². The fourth-order valence-electron chi connectivity index (χ4n) is 2.02. The van der Waals surface area contributed by atoms with Crippen LogP contribution in [0.15, 0.2) is 0 Å². The van der Waals surface area contributed by atoms with Crippen LogP contribution in [0.5, 0.6) is 0 Å². The molecular weight excluding hydrogens is 298 g/mol. The summed E-state index contributed by atoms with van der Waals surface area (Å²) in [5, 5.41) is 5.17. The third-order valence-corrected chi connectivity index (χ3v) is 3.43. The molecular formula is C13H22ClN3O4. The second-order valence-electron chi connectivity index (χ2n) is 4.73. The number of rotatable bonds is 5. The second-order valence-corrected chi connectivity index (χ2v) is 5.11. The monoisotopic (exact) mass is 319 g/mol. The van der Waals surface area contributed by atoms with Crippen molar-refractivity contribution >= 4 is 29.5 Å². The van der Waals surface area contributed by atoms with E-state index in [2.05, 4.69) is 10.6 Å². The Hall–Kier alpha value is -1.50. The quantitative estimate of drug-likeness (QED) is 0.438. The van der Waals surface area contributed by atoms with Crippen LogP contribution < -0.4 is 10.6 Å². The molecule has 1 aliphatic rings. The first kappa shape index (κ1) is 17.6. The Bertz CT molecular complexity index is 370. The van der Waals surface area contributed by atoms with Gasteiger partial charge in [0.15, 0.2) is 0 Å². The van der Waals surface area contributed by atoms with Crippen molar-refractivity contribution < 1.29 is 19.1 Å². The summed E-state index contributed by atoms with van der Waals surface area (Å²) in [4.78, 5) is 36.3. The van der Waals surface area contributed by atoms with Gasteiger partial charge in [-0.1, -0.05) is 0 Å². The molecule has 0 aromatic heterocycles. The third-order valence-electron chi connectivity index (χ3n) is 3.16. The lowest BCUT2D eigenvalue weighted by Gasteiger charge is -2.31. The number of nitrogens with zero attached hydrogens (tertiary/aromatic N) is 1. The summed E-state index contributed by atoms with van der Waals surface area (Å²) < 4.78 is 4.92. The molecule has 1 rings (SSSR count). The molecule has 0 aromatic rings. The number of likely N-dealkylation sites (tertiary alicyclic amines) is 1. The van der Waals surface area contributed by atoms with E-state index in [1.807, 2.05) is 0 Å². The molecule has 0 aromatic carbocycles. The summed E-state index contributed by atoms with van der Waals surface area (Å²) in [5.74, 6) is -0.846. The van der Waals surface area contributed by atoms with Gasteiger partial charge in [0.2, 0.25) is 0 Å². The molecule has 1 saturated heterocycles. The number of carbonyl (C=O) groups excluding carboxylic acids is 3. The van der Waals surface area contributed by atoms with Crippen LogP contribution >= 0.6 is 11.6 Å². The van der Waals surface area contributed by atoms with Crippen molar-refractivity contribution in [1.29, 1.82) is 0 Å². The SMILES string of the molecule is CCOC(=O)N1CCC(NC(=O)C(=O)NCCCCl)CC1. The van der Waals surface area contributed by atoms with Crippen LogP contribution in [0, 0.1) is 0 Å². The number of halogens is 1. The Balaban J connectivity index is 2.27. The van der Waals surface area contributed by atoms with Crippen LogP contribution in [0.3, 0.4) is 0 Å². The van der Waals surface area contributed by atoms with E-state index in [0.29, 0.717) is 51.4 Å². The van der Waals surface area contributed by atoms with Crippen LogP contribution in [0.1, 0.15) is 26.2 Å². The molecule has 3 amide bonds. The zero-order valence-electron chi connectivity index (χ0n) is 12.2. The van der Waals surface area contributed by atoms with Gasteiger partial charge in [0.05, 0.1) is 6.61 Å². The van der Waals surface area contributed by atoms with Gasteiger partial charge in [-0.2, -0.15) is 0 Å². The Morgan fingerprint density at radius 1 is 1.24 bits per heavy atom. The molecule has 0 aliphatic carbocycles. The van der Waals surface area contributed by atoms with Crippen LogP contribution in [0.4, 0.5) is 4.79 Å². The highest BCUT2D eigenvalue weighted by atomic mass is 35.5. The maximum absolute atomic E-state index is 11.7. The third kappa shape index (κ3) is 6.20. The zero-order valence-corrected chi connectivity index (χ0v) is 12.9. The average Bonchev–Trinajstić information content (AvgIpc) is 2.48. The van der Waals surface area contributed by atoms with E-state index in [9.17, 15) is 14.4 Å². The molecule has 0 atom stereocenters. The van der Waals surface area contributed by atoms with Crippen molar-refractivity contribution in [3.63, 3.8) is 0 Å². The van der Waals surface area contributed by atoms with Gasteiger partial charge in [0.25, 0.3) is 0 Å². The van der Waals surface area contributed by atoms with Crippen LogP contribution in [-0.2, 0) is 14.3 Å². The van der Waals surface area contributed by atoms with Gasteiger partial charge in [-0.25, -0.2) is 4.79 Å². The van der Waals surface area contributed by atoms with E-state index in [1.54, 1.807) is 11.8 Å². The molecule has 1 aliphatic heterocycles. The van der Waals surface area contributed by atoms with Crippen LogP contribution in [0.25, 0.3) is 0 Å². The van der Waals surface area contributed by atoms with Crippen molar-refractivity contribution in [2.45, 2.75) is 32.2 Å². The molecule has 0 radical (unpaired) electrons. The summed E-state index contributed by atoms with van der Waals surface area (Å²) in [6.07, 6.45) is 1.51. The number of hydrogen-bond donors (Lipinski definition) is 2. The first-order chi connectivity index (χ1) is 10.1. The van der Waals surface area contributed by atoms with Gasteiger partial charge >= 0.3 is 17.9 Å². The second kappa shape index (κ2) is 9.44. The van der Waals surface area contributed by atoms with Crippen molar-refractivity contribution in [2.75, 3.05) is 32.1 Å². The molecule has 7 nitrogen and oxygen atoms in total. The number of hydrogen-bond acceptors (Lipinski definition) is 4.